The lowest BCUT2D eigenvalue weighted by Crippen LogP contribution is -2.46. The first-order chi connectivity index (χ1) is 5.39. The van der Waals surface area contributed by atoms with E-state index in [1.54, 1.807) is 0 Å². The van der Waals surface area contributed by atoms with Gasteiger partial charge in [0.1, 0.15) is 5.83 Å². The van der Waals surface area contributed by atoms with Crippen LogP contribution in [0.4, 0.5) is 17.6 Å². The van der Waals surface area contributed by atoms with Crippen LogP contribution in [-0.4, -0.2) is 36.4 Å². The van der Waals surface area contributed by atoms with Gasteiger partial charge in [0.25, 0.3) is 0 Å². The molecule has 0 bridgehead atoms. The fourth-order valence-corrected chi connectivity index (χ4v) is 0.992. The minimum atomic E-state index is -4.46. The molecule has 0 spiro atoms. The molecule has 0 fully saturated rings. The van der Waals surface area contributed by atoms with E-state index in [0.717, 1.165) is 11.1 Å². The molecule has 0 radical (unpaired) electrons. The van der Waals surface area contributed by atoms with E-state index in [-0.39, 0.29) is 11.6 Å². The maximum atomic E-state index is 12.5. The largest absolute Gasteiger partial charge is 0.461 e. The van der Waals surface area contributed by atoms with Crippen LogP contribution < -0.4 is 0 Å². The molecule has 0 saturated heterocycles. The van der Waals surface area contributed by atoms with Crippen LogP contribution in [0.1, 0.15) is 0 Å². The Morgan fingerprint density at radius 3 is 2.42 bits per heavy atom. The normalized spacial score (nSPS) is 21.1. The summed E-state index contributed by atoms with van der Waals surface area (Å²) in [6, 6.07) is 0. The van der Waals surface area contributed by atoms with Crippen molar-refractivity contribution in [2.75, 3.05) is 20.3 Å². The molecule has 1 rings (SSSR count). The molecule has 0 amide bonds. The third kappa shape index (κ3) is 2.10. The highest BCUT2D eigenvalue weighted by molar-refractivity contribution is 4.97. The van der Waals surface area contributed by atoms with Gasteiger partial charge >= 0.3 is 6.30 Å². The summed E-state index contributed by atoms with van der Waals surface area (Å²) >= 11 is 0. The summed E-state index contributed by atoms with van der Waals surface area (Å²) in [5.41, 5.74) is 0. The number of hydrogen-bond donors (Lipinski definition) is 0. The van der Waals surface area contributed by atoms with Gasteiger partial charge in [-0.2, -0.15) is 18.1 Å². The fraction of sp³-hybridized carbons (Fsp3) is 0.667. The Hall–Kier alpha value is -0.780. The third-order valence-corrected chi connectivity index (χ3v) is 1.45. The van der Waals surface area contributed by atoms with E-state index in [4.69, 9.17) is 0 Å². The summed E-state index contributed by atoms with van der Waals surface area (Å²) in [4.78, 5) is 1.24. The number of halogens is 4. The van der Waals surface area contributed by atoms with Crippen molar-refractivity contribution >= 4 is 0 Å². The summed E-state index contributed by atoms with van der Waals surface area (Å²) in [6.45, 7) is -1.01. The molecule has 12 heavy (non-hydrogen) atoms. The van der Waals surface area contributed by atoms with Crippen LogP contribution in [0, 0.1) is 0 Å². The van der Waals surface area contributed by atoms with Gasteiger partial charge in [0.2, 0.25) is 0 Å². The first-order valence-corrected chi connectivity index (χ1v) is 3.28. The third-order valence-electron chi connectivity index (χ3n) is 1.45. The molecule has 1 aliphatic heterocycles. The summed E-state index contributed by atoms with van der Waals surface area (Å²) in [6.07, 6.45) is -3.40. The zero-order valence-corrected chi connectivity index (χ0v) is 6.40. The molecule has 6 heteroatoms. The van der Waals surface area contributed by atoms with E-state index >= 15 is 0 Å². The standard InChI is InChI=1S/C6H8F4N2/c1-11-2-5(7)3-12(4-11)6(8,9)10/h2H,3-4H2,1H3. The van der Waals surface area contributed by atoms with E-state index < -0.39 is 18.7 Å². The van der Waals surface area contributed by atoms with Crippen molar-refractivity contribution in [1.29, 1.82) is 0 Å². The van der Waals surface area contributed by atoms with Crippen molar-refractivity contribution in [2.45, 2.75) is 6.30 Å². The molecule has 1 heterocycles. The van der Waals surface area contributed by atoms with E-state index in [0.29, 0.717) is 0 Å². The van der Waals surface area contributed by atoms with Gasteiger partial charge in [0.15, 0.2) is 0 Å². The van der Waals surface area contributed by atoms with E-state index in [9.17, 15) is 17.6 Å². The Morgan fingerprint density at radius 1 is 1.42 bits per heavy atom. The van der Waals surface area contributed by atoms with Crippen molar-refractivity contribution in [1.82, 2.24) is 9.80 Å². The Bertz CT molecular complexity index is 198. The van der Waals surface area contributed by atoms with E-state index in [1.807, 2.05) is 0 Å². The van der Waals surface area contributed by atoms with Gasteiger partial charge in [0.05, 0.1) is 13.2 Å². The molecule has 0 unspecified atom stereocenters. The van der Waals surface area contributed by atoms with E-state index in [2.05, 4.69) is 0 Å². The second kappa shape index (κ2) is 2.93. The molecule has 0 aliphatic carbocycles. The van der Waals surface area contributed by atoms with Gasteiger partial charge in [-0.15, -0.1) is 0 Å². The highest BCUT2D eigenvalue weighted by Gasteiger charge is 2.39. The van der Waals surface area contributed by atoms with Gasteiger partial charge in [0, 0.05) is 13.2 Å². The molecule has 0 N–H and O–H groups in total. The minimum Gasteiger partial charge on any atom is -0.365 e. The van der Waals surface area contributed by atoms with Crippen LogP contribution in [-0.2, 0) is 0 Å². The van der Waals surface area contributed by atoms with Crippen LogP contribution >= 0.6 is 0 Å². The van der Waals surface area contributed by atoms with Gasteiger partial charge < -0.3 is 4.90 Å². The molecule has 0 aromatic rings. The van der Waals surface area contributed by atoms with Crippen LogP contribution in [0.3, 0.4) is 0 Å². The predicted octanol–water partition coefficient (Wildman–Crippen LogP) is 1.52. The fourth-order valence-electron chi connectivity index (χ4n) is 0.992. The molecule has 70 valence electrons. The second-order valence-corrected chi connectivity index (χ2v) is 2.64. The molecule has 0 saturated carbocycles. The van der Waals surface area contributed by atoms with Crippen LogP contribution in [0.15, 0.2) is 12.0 Å². The maximum Gasteiger partial charge on any atom is 0.461 e. The van der Waals surface area contributed by atoms with Crippen molar-refractivity contribution in [2.24, 2.45) is 0 Å². The van der Waals surface area contributed by atoms with Crippen molar-refractivity contribution in [3.8, 4) is 0 Å². The molecular formula is C6H8F4N2. The van der Waals surface area contributed by atoms with Crippen LogP contribution in [0.25, 0.3) is 0 Å². The lowest BCUT2D eigenvalue weighted by atomic mass is 10.4. The first-order valence-electron chi connectivity index (χ1n) is 3.28. The molecule has 0 aromatic heterocycles. The molecule has 1 aliphatic rings. The SMILES string of the molecule is CN1C=C(F)CN(C(F)(F)F)C1. The Kier molecular flexibility index (Phi) is 2.27. The lowest BCUT2D eigenvalue weighted by Gasteiger charge is -2.31. The Morgan fingerprint density at radius 2 is 2.00 bits per heavy atom. The summed E-state index contributed by atoms with van der Waals surface area (Å²) in [5, 5.41) is 0. The molecule has 0 aromatic carbocycles. The van der Waals surface area contributed by atoms with Crippen LogP contribution in [0.5, 0.6) is 0 Å². The van der Waals surface area contributed by atoms with Gasteiger partial charge in [-0.05, 0) is 0 Å². The summed E-state index contributed by atoms with van der Waals surface area (Å²) < 4.78 is 48.5. The lowest BCUT2D eigenvalue weighted by molar-refractivity contribution is -0.253. The topological polar surface area (TPSA) is 6.48 Å². The molecule has 0 atom stereocenters. The summed E-state index contributed by atoms with van der Waals surface area (Å²) in [7, 11) is 1.39. The number of nitrogens with zero attached hydrogens (tertiary/aromatic N) is 2. The predicted molar refractivity (Wildman–Crippen MR) is 34.6 cm³/mol. The van der Waals surface area contributed by atoms with Crippen molar-refractivity contribution in [3.05, 3.63) is 12.0 Å². The first kappa shape index (κ1) is 9.31. The summed E-state index contributed by atoms with van der Waals surface area (Å²) in [5.74, 6) is -0.777. The smallest absolute Gasteiger partial charge is 0.365 e. The number of alkyl halides is 3. The maximum absolute atomic E-state index is 12.5. The van der Waals surface area contributed by atoms with Crippen molar-refractivity contribution in [3.63, 3.8) is 0 Å². The zero-order valence-electron chi connectivity index (χ0n) is 6.40. The number of rotatable bonds is 0. The Labute approximate surface area is 67.1 Å². The average Bonchev–Trinajstić information content (AvgIpc) is 1.82. The molecular weight excluding hydrogens is 176 g/mol. The zero-order chi connectivity index (χ0) is 9.35. The highest BCUT2D eigenvalue weighted by Crippen LogP contribution is 2.24. The Balaban J connectivity index is 2.68. The minimum absolute atomic E-state index is 0.0995. The van der Waals surface area contributed by atoms with Crippen LogP contribution in [0.2, 0.25) is 0 Å². The van der Waals surface area contributed by atoms with Gasteiger partial charge in [-0.25, -0.2) is 4.39 Å². The van der Waals surface area contributed by atoms with Gasteiger partial charge in [-0.1, -0.05) is 0 Å². The van der Waals surface area contributed by atoms with Gasteiger partial charge in [-0.3, -0.25) is 0 Å². The highest BCUT2D eigenvalue weighted by atomic mass is 19.4. The quantitative estimate of drug-likeness (QED) is 0.416. The van der Waals surface area contributed by atoms with Crippen molar-refractivity contribution < 1.29 is 17.6 Å². The van der Waals surface area contributed by atoms with E-state index in [1.165, 1.54) is 7.05 Å². The average molecular weight is 184 g/mol. The molecule has 2 nitrogen and oxygen atoms in total. The second-order valence-electron chi connectivity index (χ2n) is 2.64. The monoisotopic (exact) mass is 184 g/mol. The number of hydrogen-bond acceptors (Lipinski definition) is 2.